The summed E-state index contributed by atoms with van der Waals surface area (Å²) in [5.41, 5.74) is 0.357. The van der Waals surface area contributed by atoms with Crippen molar-refractivity contribution >= 4 is 17.7 Å². The predicted octanol–water partition coefficient (Wildman–Crippen LogP) is 3.96. The molecule has 1 aromatic rings. The quantitative estimate of drug-likeness (QED) is 0.903. The van der Waals surface area contributed by atoms with Crippen LogP contribution in [0.5, 0.6) is 5.75 Å². The van der Waals surface area contributed by atoms with E-state index in [1.54, 1.807) is 12.1 Å². The molecule has 1 N–H and O–H groups in total. The number of halogens is 1. The van der Waals surface area contributed by atoms with E-state index >= 15 is 0 Å². The van der Waals surface area contributed by atoms with E-state index in [0.717, 1.165) is 18.4 Å². The van der Waals surface area contributed by atoms with E-state index in [4.69, 9.17) is 26.3 Å². The first-order valence-electron chi connectivity index (χ1n) is 7.48. The summed E-state index contributed by atoms with van der Waals surface area (Å²) < 4.78 is 11.1. The number of nitrogens with one attached hydrogen (secondary N) is 1. The average Bonchev–Trinajstić information content (AvgIpc) is 3.14. The summed E-state index contributed by atoms with van der Waals surface area (Å²) in [5, 5.41) is 12.2. The Morgan fingerprint density at radius 2 is 2.09 bits per heavy atom. The molecule has 124 valence electrons. The van der Waals surface area contributed by atoms with Gasteiger partial charge in [0.2, 0.25) is 0 Å². The molecular weight excluding hydrogens is 316 g/mol. The van der Waals surface area contributed by atoms with E-state index in [1.165, 1.54) is 0 Å². The number of ether oxygens (including phenoxy) is 2. The summed E-state index contributed by atoms with van der Waals surface area (Å²) in [6.07, 6.45) is 1.22. The van der Waals surface area contributed by atoms with Crippen molar-refractivity contribution in [2.24, 2.45) is 0 Å². The minimum Gasteiger partial charge on any atom is -0.489 e. The second-order valence-electron chi connectivity index (χ2n) is 6.91. The Morgan fingerprint density at radius 3 is 2.57 bits per heavy atom. The van der Waals surface area contributed by atoms with Gasteiger partial charge < -0.3 is 14.8 Å². The first-order valence-corrected chi connectivity index (χ1v) is 7.86. The number of aryl methyl sites for hydroxylation is 1. The van der Waals surface area contributed by atoms with E-state index in [1.807, 2.05) is 27.7 Å². The molecule has 1 aliphatic rings. The van der Waals surface area contributed by atoms with E-state index in [2.05, 4.69) is 11.4 Å². The molecule has 1 aliphatic carbocycles. The summed E-state index contributed by atoms with van der Waals surface area (Å²) >= 11 is 6.17. The van der Waals surface area contributed by atoms with E-state index < -0.39 is 17.2 Å². The lowest BCUT2D eigenvalue weighted by molar-refractivity contribution is 0.0477. The highest BCUT2D eigenvalue weighted by Gasteiger charge is 2.46. The van der Waals surface area contributed by atoms with Gasteiger partial charge in [-0.15, -0.1) is 0 Å². The van der Waals surface area contributed by atoms with Crippen LogP contribution >= 0.6 is 11.6 Å². The van der Waals surface area contributed by atoms with Crippen LogP contribution in [0.25, 0.3) is 0 Å². The zero-order valence-electron chi connectivity index (χ0n) is 13.8. The standard InChI is InChI=1S/C17H21ClN2O3/c1-11-7-12(9-19)8-13(18)14(11)22-10-17(5-6-17)20-15(21)23-16(2,3)4/h7-8H,5-6,10H2,1-4H3,(H,20,21). The number of benzene rings is 1. The summed E-state index contributed by atoms with van der Waals surface area (Å²) in [6, 6.07) is 5.35. The van der Waals surface area contributed by atoms with Crippen molar-refractivity contribution in [1.29, 1.82) is 5.26 Å². The zero-order chi connectivity index (χ0) is 17.3. The molecule has 0 radical (unpaired) electrons. The topological polar surface area (TPSA) is 71.3 Å². The van der Waals surface area contributed by atoms with Crippen LogP contribution in [0.4, 0.5) is 4.79 Å². The van der Waals surface area contributed by atoms with Crippen molar-refractivity contribution in [3.8, 4) is 11.8 Å². The number of carbonyl (C=O) groups excluding carboxylic acids is 1. The van der Waals surface area contributed by atoms with Crippen LogP contribution in [0.2, 0.25) is 5.02 Å². The van der Waals surface area contributed by atoms with E-state index in [-0.39, 0.29) is 0 Å². The number of rotatable bonds is 4. The molecule has 0 unspecified atom stereocenters. The summed E-state index contributed by atoms with van der Waals surface area (Å²) in [6.45, 7) is 7.62. The van der Waals surface area contributed by atoms with Gasteiger partial charge in [-0.1, -0.05) is 11.6 Å². The largest absolute Gasteiger partial charge is 0.489 e. The molecular formula is C17H21ClN2O3. The summed E-state index contributed by atoms with van der Waals surface area (Å²) in [5.74, 6) is 0.544. The van der Waals surface area contributed by atoms with Gasteiger partial charge in [0, 0.05) is 0 Å². The first-order chi connectivity index (χ1) is 10.6. The predicted molar refractivity (Wildman–Crippen MR) is 87.7 cm³/mol. The molecule has 5 nitrogen and oxygen atoms in total. The third-order valence-corrected chi connectivity index (χ3v) is 3.75. The zero-order valence-corrected chi connectivity index (χ0v) is 14.6. The van der Waals surface area contributed by atoms with Crippen LogP contribution in [0.3, 0.4) is 0 Å². The monoisotopic (exact) mass is 336 g/mol. The number of nitrogens with zero attached hydrogens (tertiary/aromatic N) is 1. The minimum atomic E-state index is -0.534. The lowest BCUT2D eigenvalue weighted by Crippen LogP contribution is -2.44. The third kappa shape index (κ3) is 4.77. The summed E-state index contributed by atoms with van der Waals surface area (Å²) in [7, 11) is 0. The van der Waals surface area contributed by atoms with Gasteiger partial charge in [-0.3, -0.25) is 0 Å². The van der Waals surface area contributed by atoms with Crippen LogP contribution in [-0.2, 0) is 4.74 Å². The lowest BCUT2D eigenvalue weighted by Gasteiger charge is -2.24. The molecule has 0 saturated heterocycles. The Labute approximate surface area is 141 Å². The van der Waals surface area contributed by atoms with Crippen molar-refractivity contribution in [3.63, 3.8) is 0 Å². The number of hydrogen-bond donors (Lipinski definition) is 1. The van der Waals surface area contributed by atoms with Gasteiger partial charge in [0.05, 0.1) is 22.2 Å². The molecule has 0 aromatic heterocycles. The van der Waals surface area contributed by atoms with Gasteiger partial charge >= 0.3 is 6.09 Å². The van der Waals surface area contributed by atoms with Crippen LogP contribution in [0.15, 0.2) is 12.1 Å². The van der Waals surface area contributed by atoms with Gasteiger partial charge in [-0.2, -0.15) is 5.26 Å². The molecule has 1 fully saturated rings. The molecule has 0 heterocycles. The molecule has 0 spiro atoms. The maximum atomic E-state index is 11.9. The second-order valence-corrected chi connectivity index (χ2v) is 7.32. The first kappa shape index (κ1) is 17.4. The normalized spacial score (nSPS) is 15.5. The molecule has 0 aliphatic heterocycles. The highest BCUT2D eigenvalue weighted by atomic mass is 35.5. The van der Waals surface area contributed by atoms with Gasteiger partial charge in [0.1, 0.15) is 18.0 Å². The Morgan fingerprint density at radius 1 is 1.43 bits per heavy atom. The van der Waals surface area contributed by atoms with Crippen molar-refractivity contribution in [2.45, 2.75) is 51.7 Å². The third-order valence-electron chi connectivity index (χ3n) is 3.47. The van der Waals surface area contributed by atoms with Crippen LogP contribution < -0.4 is 10.1 Å². The highest BCUT2D eigenvalue weighted by molar-refractivity contribution is 6.32. The SMILES string of the molecule is Cc1cc(C#N)cc(Cl)c1OCC1(NC(=O)OC(C)(C)C)CC1. The fourth-order valence-electron chi connectivity index (χ4n) is 2.16. The van der Waals surface area contributed by atoms with Gasteiger partial charge in [0.15, 0.2) is 0 Å². The Bertz CT molecular complexity index is 632. The molecule has 0 bridgehead atoms. The van der Waals surface area contributed by atoms with Gasteiger partial charge in [-0.25, -0.2) is 4.79 Å². The number of alkyl carbamates (subject to hydrolysis) is 1. The van der Waals surface area contributed by atoms with Gasteiger partial charge in [-0.05, 0) is 58.2 Å². The number of hydrogen-bond acceptors (Lipinski definition) is 4. The Balaban J connectivity index is 1.99. The van der Waals surface area contributed by atoms with Gasteiger partial charge in [0.25, 0.3) is 0 Å². The van der Waals surface area contributed by atoms with E-state index in [0.29, 0.717) is 22.9 Å². The number of nitriles is 1. The van der Waals surface area contributed by atoms with Crippen molar-refractivity contribution in [1.82, 2.24) is 5.32 Å². The minimum absolute atomic E-state index is 0.318. The van der Waals surface area contributed by atoms with Crippen LogP contribution in [0, 0.1) is 18.3 Å². The Hall–Kier alpha value is -1.93. The summed E-state index contributed by atoms with van der Waals surface area (Å²) in [4.78, 5) is 11.9. The Kier molecular flexibility index (Phi) is 4.76. The molecule has 6 heteroatoms. The maximum absolute atomic E-state index is 11.9. The molecule has 2 rings (SSSR count). The molecule has 1 aromatic carbocycles. The highest BCUT2D eigenvalue weighted by Crippen LogP contribution is 2.38. The molecule has 1 amide bonds. The fourth-order valence-corrected chi connectivity index (χ4v) is 2.49. The molecule has 1 saturated carbocycles. The number of amides is 1. The fraction of sp³-hybridized carbons (Fsp3) is 0.529. The average molecular weight is 337 g/mol. The van der Waals surface area contributed by atoms with Crippen LogP contribution in [-0.4, -0.2) is 23.8 Å². The smallest absolute Gasteiger partial charge is 0.408 e. The maximum Gasteiger partial charge on any atom is 0.408 e. The van der Waals surface area contributed by atoms with Crippen molar-refractivity contribution in [3.05, 3.63) is 28.3 Å². The van der Waals surface area contributed by atoms with E-state index in [9.17, 15) is 4.79 Å². The second kappa shape index (κ2) is 6.29. The van der Waals surface area contributed by atoms with Crippen molar-refractivity contribution < 1.29 is 14.3 Å². The molecule has 0 atom stereocenters. The molecule has 23 heavy (non-hydrogen) atoms. The lowest BCUT2D eigenvalue weighted by atomic mass is 10.1. The van der Waals surface area contributed by atoms with Crippen LogP contribution in [0.1, 0.15) is 44.7 Å². The van der Waals surface area contributed by atoms with Crippen molar-refractivity contribution in [2.75, 3.05) is 6.61 Å². The number of carbonyl (C=O) groups is 1.